The van der Waals surface area contributed by atoms with Gasteiger partial charge >= 0.3 is 0 Å². The Kier molecular flexibility index (Phi) is 3.80. The lowest BCUT2D eigenvalue weighted by Gasteiger charge is -2.17. The number of aromatic nitrogens is 2. The molecule has 1 aliphatic heterocycles. The van der Waals surface area contributed by atoms with E-state index in [-0.39, 0.29) is 18.0 Å². The molecule has 4 nitrogen and oxygen atoms in total. The number of aryl methyl sites for hydroxylation is 1. The fourth-order valence-electron chi connectivity index (χ4n) is 3.71. The third-order valence-electron chi connectivity index (χ3n) is 5.06. The van der Waals surface area contributed by atoms with E-state index in [9.17, 15) is 13.6 Å². The van der Waals surface area contributed by atoms with Crippen LogP contribution in [0.5, 0.6) is 0 Å². The van der Waals surface area contributed by atoms with Crippen LogP contribution in [0.2, 0.25) is 0 Å². The summed E-state index contributed by atoms with van der Waals surface area (Å²) in [7, 11) is 1.81. The molecule has 140 valence electrons. The molecular formula is C21H15F2N3OS. The zero-order valence-electron chi connectivity index (χ0n) is 14.9. The molecule has 0 radical (unpaired) electrons. The number of amides is 1. The van der Waals surface area contributed by atoms with E-state index in [1.165, 1.54) is 28.4 Å². The summed E-state index contributed by atoms with van der Waals surface area (Å²) in [4.78, 5) is 14.8. The lowest BCUT2D eigenvalue weighted by Crippen LogP contribution is -2.24. The smallest absolute Gasteiger partial charge is 0.255 e. The molecule has 28 heavy (non-hydrogen) atoms. The lowest BCUT2D eigenvalue weighted by atomic mass is 9.99. The molecule has 0 saturated heterocycles. The average molecular weight is 395 g/mol. The van der Waals surface area contributed by atoms with Crippen LogP contribution in [0.3, 0.4) is 0 Å². The first kappa shape index (κ1) is 17.1. The Bertz CT molecular complexity index is 1220. The van der Waals surface area contributed by atoms with E-state index in [0.29, 0.717) is 17.7 Å². The summed E-state index contributed by atoms with van der Waals surface area (Å²) in [6.07, 6.45) is 1.83. The minimum absolute atomic E-state index is 0.0880. The van der Waals surface area contributed by atoms with Crippen LogP contribution in [0.25, 0.3) is 22.0 Å². The maximum Gasteiger partial charge on any atom is 0.255 e. The van der Waals surface area contributed by atoms with Gasteiger partial charge in [-0.15, -0.1) is 11.3 Å². The maximum atomic E-state index is 14.8. The van der Waals surface area contributed by atoms with E-state index in [0.717, 1.165) is 21.3 Å². The predicted molar refractivity (Wildman–Crippen MR) is 104 cm³/mol. The SMILES string of the molecule is Cn1cc2c(-c3cc(F)c(CN4Cc5sccc5C4=O)c(F)c3)cccc2n1. The van der Waals surface area contributed by atoms with Gasteiger partial charge in [-0.2, -0.15) is 5.10 Å². The molecular weight excluding hydrogens is 380 g/mol. The molecule has 3 heterocycles. The van der Waals surface area contributed by atoms with Crippen molar-refractivity contribution in [1.82, 2.24) is 14.7 Å². The molecule has 0 N–H and O–H groups in total. The van der Waals surface area contributed by atoms with Gasteiger partial charge in [0.05, 0.1) is 24.2 Å². The Morgan fingerprint density at radius 3 is 2.68 bits per heavy atom. The van der Waals surface area contributed by atoms with Crippen molar-refractivity contribution in [3.05, 3.63) is 75.6 Å². The summed E-state index contributed by atoms with van der Waals surface area (Å²) in [5.74, 6) is -1.49. The standard InChI is InChI=1S/C21H15F2N3OS/c1-25-9-15-13(3-2-4-19(15)24-25)12-7-17(22)16(18(23)8-12)10-26-11-20-14(21(26)27)5-6-28-20/h2-9H,10-11H2,1H3. The second-order valence-corrected chi connectivity index (χ2v) is 7.88. The first-order chi connectivity index (χ1) is 13.5. The zero-order valence-corrected chi connectivity index (χ0v) is 15.8. The minimum atomic E-state index is -0.654. The summed E-state index contributed by atoms with van der Waals surface area (Å²) in [5, 5.41) is 7.02. The van der Waals surface area contributed by atoms with Gasteiger partial charge in [-0.3, -0.25) is 9.48 Å². The summed E-state index contributed by atoms with van der Waals surface area (Å²) in [6.45, 7) is 0.302. The van der Waals surface area contributed by atoms with Gasteiger partial charge in [0.1, 0.15) is 11.6 Å². The van der Waals surface area contributed by atoms with Crippen molar-refractivity contribution in [3.8, 4) is 11.1 Å². The summed E-state index contributed by atoms with van der Waals surface area (Å²) >= 11 is 1.48. The van der Waals surface area contributed by atoms with Crippen LogP contribution in [0.15, 0.2) is 48.0 Å². The molecule has 2 aromatic heterocycles. The topological polar surface area (TPSA) is 38.1 Å². The Labute approximate surface area is 163 Å². The lowest BCUT2D eigenvalue weighted by molar-refractivity contribution is 0.0764. The van der Waals surface area contributed by atoms with E-state index >= 15 is 0 Å². The highest BCUT2D eigenvalue weighted by Gasteiger charge is 2.30. The molecule has 0 saturated carbocycles. The van der Waals surface area contributed by atoms with Crippen molar-refractivity contribution in [2.75, 3.05) is 0 Å². The van der Waals surface area contributed by atoms with Crippen molar-refractivity contribution >= 4 is 28.1 Å². The minimum Gasteiger partial charge on any atom is -0.329 e. The van der Waals surface area contributed by atoms with Crippen molar-refractivity contribution in [2.24, 2.45) is 7.05 Å². The van der Waals surface area contributed by atoms with E-state index in [2.05, 4.69) is 5.10 Å². The second kappa shape index (κ2) is 6.24. The molecule has 0 fully saturated rings. The van der Waals surface area contributed by atoms with Crippen LogP contribution in [-0.4, -0.2) is 20.6 Å². The molecule has 1 amide bonds. The number of nitrogens with zero attached hydrogens (tertiary/aromatic N) is 3. The van der Waals surface area contributed by atoms with Gasteiger partial charge in [0.2, 0.25) is 0 Å². The van der Waals surface area contributed by atoms with Gasteiger partial charge in [-0.25, -0.2) is 8.78 Å². The van der Waals surface area contributed by atoms with Crippen LogP contribution in [0.1, 0.15) is 20.8 Å². The van der Waals surface area contributed by atoms with Gasteiger partial charge in [-0.05, 0) is 40.8 Å². The number of hydrogen-bond donors (Lipinski definition) is 0. The number of rotatable bonds is 3. The number of carbonyl (C=O) groups excluding carboxylic acids is 1. The molecule has 0 spiro atoms. The van der Waals surface area contributed by atoms with Crippen molar-refractivity contribution in [3.63, 3.8) is 0 Å². The van der Waals surface area contributed by atoms with Crippen LogP contribution < -0.4 is 0 Å². The first-order valence-electron chi connectivity index (χ1n) is 8.77. The van der Waals surface area contributed by atoms with Gasteiger partial charge in [0.25, 0.3) is 5.91 Å². The maximum absolute atomic E-state index is 14.8. The van der Waals surface area contributed by atoms with Gasteiger partial charge < -0.3 is 4.90 Å². The molecule has 0 atom stereocenters. The molecule has 0 unspecified atom stereocenters. The molecule has 5 rings (SSSR count). The van der Waals surface area contributed by atoms with Crippen LogP contribution in [0.4, 0.5) is 8.78 Å². The highest BCUT2D eigenvalue weighted by Crippen LogP contribution is 2.33. The van der Waals surface area contributed by atoms with E-state index in [4.69, 9.17) is 0 Å². The molecule has 0 bridgehead atoms. The predicted octanol–water partition coefficient (Wildman–Crippen LogP) is 4.74. The Hall–Kier alpha value is -3.06. The Morgan fingerprint density at radius 1 is 1.14 bits per heavy atom. The first-order valence-corrected chi connectivity index (χ1v) is 9.65. The fraction of sp³-hybridized carbons (Fsp3) is 0.143. The van der Waals surface area contributed by atoms with Gasteiger partial charge in [0.15, 0.2) is 0 Å². The normalized spacial score (nSPS) is 13.5. The fourth-order valence-corrected chi connectivity index (χ4v) is 4.59. The average Bonchev–Trinajstić information content (AvgIpc) is 3.33. The molecule has 1 aliphatic rings. The molecule has 0 aliphatic carbocycles. The van der Waals surface area contributed by atoms with Crippen LogP contribution in [-0.2, 0) is 20.1 Å². The van der Waals surface area contributed by atoms with Crippen molar-refractivity contribution in [2.45, 2.75) is 13.1 Å². The third kappa shape index (κ3) is 2.62. The summed E-state index contributed by atoms with van der Waals surface area (Å²) in [5.41, 5.74) is 2.47. The highest BCUT2D eigenvalue weighted by molar-refractivity contribution is 7.10. The number of thiophene rings is 1. The number of halogens is 2. The van der Waals surface area contributed by atoms with E-state index in [1.807, 2.05) is 29.8 Å². The van der Waals surface area contributed by atoms with E-state index in [1.54, 1.807) is 17.8 Å². The quantitative estimate of drug-likeness (QED) is 0.503. The van der Waals surface area contributed by atoms with E-state index < -0.39 is 11.6 Å². The number of benzene rings is 2. The molecule has 2 aromatic carbocycles. The second-order valence-electron chi connectivity index (χ2n) is 6.88. The van der Waals surface area contributed by atoms with Crippen LogP contribution >= 0.6 is 11.3 Å². The largest absolute Gasteiger partial charge is 0.329 e. The zero-order chi connectivity index (χ0) is 19.4. The molecule has 7 heteroatoms. The summed E-state index contributed by atoms with van der Waals surface area (Å²) < 4.78 is 31.4. The van der Waals surface area contributed by atoms with Gasteiger partial charge in [-0.1, -0.05) is 12.1 Å². The number of carbonyl (C=O) groups is 1. The third-order valence-corrected chi connectivity index (χ3v) is 5.97. The summed E-state index contributed by atoms with van der Waals surface area (Å²) in [6, 6.07) is 9.91. The van der Waals surface area contributed by atoms with Crippen molar-refractivity contribution in [1.29, 1.82) is 0 Å². The number of fused-ring (bicyclic) bond motifs is 2. The molecule has 4 aromatic rings. The Morgan fingerprint density at radius 2 is 1.93 bits per heavy atom. The van der Waals surface area contributed by atoms with Crippen LogP contribution in [0, 0.1) is 11.6 Å². The van der Waals surface area contributed by atoms with Crippen molar-refractivity contribution < 1.29 is 13.6 Å². The van der Waals surface area contributed by atoms with Gasteiger partial charge in [0, 0.05) is 29.1 Å². The Balaban J connectivity index is 1.51. The highest BCUT2D eigenvalue weighted by atomic mass is 32.1. The number of hydrogen-bond acceptors (Lipinski definition) is 3. The monoisotopic (exact) mass is 395 g/mol.